The van der Waals surface area contributed by atoms with E-state index in [9.17, 15) is 13.5 Å². The highest BCUT2D eigenvalue weighted by Crippen LogP contribution is 2.14. The van der Waals surface area contributed by atoms with Gasteiger partial charge in [0.1, 0.15) is 5.76 Å². The lowest BCUT2D eigenvalue weighted by Crippen LogP contribution is -1.94. The van der Waals surface area contributed by atoms with E-state index in [0.717, 1.165) is 19.3 Å². The second kappa shape index (κ2) is 15.0. The zero-order valence-corrected chi connectivity index (χ0v) is 15.6. The van der Waals surface area contributed by atoms with Crippen molar-refractivity contribution in [3.63, 3.8) is 0 Å². The standard InChI is InChI=1S/C18H36O4S/c1-2-3-4-5-6-7-8-9-10-11-12-13-14-15-16-18(19)17-23(20,21)22/h17,19H,2-16H2,1H3,(H,20,21,22). The molecule has 0 aliphatic heterocycles. The van der Waals surface area contributed by atoms with E-state index >= 15 is 0 Å². The molecule has 138 valence electrons. The summed E-state index contributed by atoms with van der Waals surface area (Å²) in [6.07, 6.45) is 17.9. The average Bonchev–Trinajstić information content (AvgIpc) is 2.46. The fourth-order valence-electron chi connectivity index (χ4n) is 2.73. The summed E-state index contributed by atoms with van der Waals surface area (Å²) in [6, 6.07) is 0. The topological polar surface area (TPSA) is 74.6 Å². The molecule has 23 heavy (non-hydrogen) atoms. The Morgan fingerprint density at radius 2 is 1.09 bits per heavy atom. The van der Waals surface area contributed by atoms with Crippen LogP contribution in [0.5, 0.6) is 0 Å². The maximum Gasteiger partial charge on any atom is 0.290 e. The molecule has 0 fully saturated rings. The number of hydrogen-bond acceptors (Lipinski definition) is 3. The van der Waals surface area contributed by atoms with E-state index in [-0.39, 0.29) is 5.76 Å². The van der Waals surface area contributed by atoms with Crippen LogP contribution in [0.2, 0.25) is 0 Å². The number of unbranched alkanes of at least 4 members (excludes halogenated alkanes) is 13. The Bertz CT molecular complexity index is 388. The Morgan fingerprint density at radius 3 is 1.43 bits per heavy atom. The molecule has 0 bridgehead atoms. The van der Waals surface area contributed by atoms with Crippen molar-refractivity contribution < 1.29 is 18.1 Å². The third-order valence-electron chi connectivity index (χ3n) is 4.07. The summed E-state index contributed by atoms with van der Waals surface area (Å²) >= 11 is 0. The Balaban J connectivity index is 3.24. The molecule has 0 aromatic rings. The lowest BCUT2D eigenvalue weighted by atomic mass is 10.0. The van der Waals surface area contributed by atoms with Crippen LogP contribution in [0, 0.1) is 0 Å². The molecule has 0 spiro atoms. The SMILES string of the molecule is CCCCCCCCCCCCCCCCC(O)=CS(=O)(=O)O. The van der Waals surface area contributed by atoms with Gasteiger partial charge in [0, 0.05) is 6.42 Å². The molecular weight excluding hydrogens is 312 g/mol. The third-order valence-corrected chi connectivity index (χ3v) is 4.64. The van der Waals surface area contributed by atoms with Gasteiger partial charge in [-0.2, -0.15) is 8.42 Å². The summed E-state index contributed by atoms with van der Waals surface area (Å²) in [6.45, 7) is 2.25. The first-order valence-electron chi connectivity index (χ1n) is 9.32. The molecule has 0 heterocycles. The monoisotopic (exact) mass is 348 g/mol. The smallest absolute Gasteiger partial charge is 0.290 e. The van der Waals surface area contributed by atoms with Gasteiger partial charge >= 0.3 is 0 Å². The summed E-state index contributed by atoms with van der Waals surface area (Å²) in [5.74, 6) is -0.258. The molecule has 0 unspecified atom stereocenters. The first-order chi connectivity index (χ1) is 11.0. The quantitative estimate of drug-likeness (QED) is 0.199. The highest BCUT2D eigenvalue weighted by Gasteiger charge is 2.02. The van der Waals surface area contributed by atoms with Crippen molar-refractivity contribution in [2.75, 3.05) is 0 Å². The number of hydrogen-bond donors (Lipinski definition) is 2. The summed E-state index contributed by atoms with van der Waals surface area (Å²) in [4.78, 5) is 0. The molecule has 0 radical (unpaired) electrons. The lowest BCUT2D eigenvalue weighted by molar-refractivity contribution is 0.379. The molecule has 0 atom stereocenters. The minimum Gasteiger partial charge on any atom is -0.512 e. The molecule has 0 saturated heterocycles. The first-order valence-corrected chi connectivity index (χ1v) is 10.8. The van der Waals surface area contributed by atoms with Gasteiger partial charge in [0.2, 0.25) is 0 Å². The minimum atomic E-state index is -4.20. The van der Waals surface area contributed by atoms with Crippen molar-refractivity contribution in [2.45, 2.75) is 103 Å². The van der Waals surface area contributed by atoms with Gasteiger partial charge in [-0.3, -0.25) is 4.55 Å². The summed E-state index contributed by atoms with van der Waals surface area (Å²) < 4.78 is 29.6. The van der Waals surface area contributed by atoms with Gasteiger partial charge in [0.05, 0.1) is 5.41 Å². The van der Waals surface area contributed by atoms with Gasteiger partial charge in [0.15, 0.2) is 0 Å². The zero-order valence-electron chi connectivity index (χ0n) is 14.8. The van der Waals surface area contributed by atoms with Crippen molar-refractivity contribution in [1.29, 1.82) is 0 Å². The average molecular weight is 349 g/mol. The molecule has 0 amide bonds. The molecule has 0 saturated carbocycles. The van der Waals surface area contributed by atoms with Crippen molar-refractivity contribution in [2.24, 2.45) is 0 Å². The Kier molecular flexibility index (Phi) is 14.6. The van der Waals surface area contributed by atoms with Crippen LogP contribution in [0.3, 0.4) is 0 Å². The molecule has 5 heteroatoms. The second-order valence-electron chi connectivity index (χ2n) is 6.47. The Labute approximate surface area is 143 Å². The molecule has 0 aromatic carbocycles. The predicted molar refractivity (Wildman–Crippen MR) is 97.2 cm³/mol. The predicted octanol–water partition coefficient (Wildman–Crippen LogP) is 6.15. The van der Waals surface area contributed by atoms with E-state index in [2.05, 4.69) is 6.92 Å². The largest absolute Gasteiger partial charge is 0.512 e. The van der Waals surface area contributed by atoms with Gasteiger partial charge in [-0.1, -0.05) is 90.4 Å². The van der Waals surface area contributed by atoms with Crippen LogP contribution in [0.4, 0.5) is 0 Å². The molecule has 0 aliphatic carbocycles. The number of rotatable bonds is 16. The normalized spacial score (nSPS) is 12.7. The van der Waals surface area contributed by atoms with Gasteiger partial charge < -0.3 is 5.11 Å². The molecule has 0 aromatic heterocycles. The highest BCUT2D eigenvalue weighted by molar-refractivity contribution is 7.88. The minimum absolute atomic E-state index is 0.258. The Hall–Kier alpha value is -0.550. The second-order valence-corrected chi connectivity index (χ2v) is 7.74. The molecular formula is C18H36O4S. The van der Waals surface area contributed by atoms with Gasteiger partial charge in [-0.05, 0) is 6.42 Å². The number of aliphatic hydroxyl groups excluding tert-OH is 1. The summed E-state index contributed by atoms with van der Waals surface area (Å²) in [7, 11) is -4.20. The maximum atomic E-state index is 10.5. The fourth-order valence-corrected chi connectivity index (χ4v) is 3.19. The van der Waals surface area contributed by atoms with Crippen LogP contribution in [0.1, 0.15) is 103 Å². The van der Waals surface area contributed by atoms with Crippen molar-refractivity contribution >= 4 is 10.1 Å². The van der Waals surface area contributed by atoms with Gasteiger partial charge in [-0.25, -0.2) is 0 Å². The molecule has 4 nitrogen and oxygen atoms in total. The summed E-state index contributed by atoms with van der Waals surface area (Å²) in [5, 5.41) is 9.82. The van der Waals surface area contributed by atoms with E-state index in [0.29, 0.717) is 11.8 Å². The van der Waals surface area contributed by atoms with Crippen LogP contribution in [0.25, 0.3) is 0 Å². The maximum absolute atomic E-state index is 10.5. The van der Waals surface area contributed by atoms with Crippen LogP contribution in [0.15, 0.2) is 11.2 Å². The van der Waals surface area contributed by atoms with E-state index in [1.54, 1.807) is 0 Å². The van der Waals surface area contributed by atoms with Gasteiger partial charge in [0.25, 0.3) is 10.1 Å². The highest BCUT2D eigenvalue weighted by atomic mass is 32.2. The van der Waals surface area contributed by atoms with E-state index in [4.69, 9.17) is 4.55 Å². The van der Waals surface area contributed by atoms with E-state index in [1.807, 2.05) is 0 Å². The summed E-state index contributed by atoms with van der Waals surface area (Å²) in [5.41, 5.74) is 0. The van der Waals surface area contributed by atoms with E-state index < -0.39 is 10.1 Å². The number of allylic oxidation sites excluding steroid dienone is 1. The van der Waals surface area contributed by atoms with Crippen LogP contribution < -0.4 is 0 Å². The number of aliphatic hydroxyl groups is 1. The first kappa shape index (κ1) is 22.4. The Morgan fingerprint density at radius 1 is 0.739 bits per heavy atom. The molecule has 2 N–H and O–H groups in total. The molecule has 0 aliphatic rings. The van der Waals surface area contributed by atoms with Crippen LogP contribution in [-0.2, 0) is 10.1 Å². The van der Waals surface area contributed by atoms with Crippen LogP contribution >= 0.6 is 0 Å². The third kappa shape index (κ3) is 19.4. The van der Waals surface area contributed by atoms with Crippen molar-refractivity contribution in [3.05, 3.63) is 11.2 Å². The van der Waals surface area contributed by atoms with Crippen molar-refractivity contribution in [1.82, 2.24) is 0 Å². The van der Waals surface area contributed by atoms with Crippen molar-refractivity contribution in [3.8, 4) is 0 Å². The fraction of sp³-hybridized carbons (Fsp3) is 0.889. The lowest BCUT2D eigenvalue weighted by Gasteiger charge is -2.03. The zero-order chi connectivity index (χ0) is 17.4. The van der Waals surface area contributed by atoms with Crippen LogP contribution in [-0.4, -0.2) is 18.1 Å². The molecule has 0 rings (SSSR count). The van der Waals surface area contributed by atoms with Gasteiger partial charge in [-0.15, -0.1) is 0 Å². The van der Waals surface area contributed by atoms with E-state index in [1.165, 1.54) is 70.6 Å².